The van der Waals surface area contributed by atoms with E-state index >= 15 is 0 Å². The van der Waals surface area contributed by atoms with Crippen molar-refractivity contribution in [3.8, 4) is 0 Å². The molecule has 1 aliphatic heterocycles. The molecule has 0 spiro atoms. The smallest absolute Gasteiger partial charge is 0.0656 e. The fourth-order valence-electron chi connectivity index (χ4n) is 2.60. The lowest BCUT2D eigenvalue weighted by atomic mass is 9.95. The Hall–Kier alpha value is -0.860. The van der Waals surface area contributed by atoms with E-state index in [9.17, 15) is 0 Å². The van der Waals surface area contributed by atoms with Gasteiger partial charge in [-0.15, -0.1) is 0 Å². The number of hydrogen-bond acceptors (Lipinski definition) is 2. The second-order valence-corrected chi connectivity index (χ2v) is 5.33. The maximum absolute atomic E-state index is 5.88. The van der Waals surface area contributed by atoms with Gasteiger partial charge in [-0.2, -0.15) is 0 Å². The summed E-state index contributed by atoms with van der Waals surface area (Å²) in [4.78, 5) is 0. The van der Waals surface area contributed by atoms with Crippen LogP contribution in [0, 0.1) is 5.92 Å². The highest BCUT2D eigenvalue weighted by molar-refractivity contribution is 5.16. The molecule has 92 valence electrons. The second-order valence-electron chi connectivity index (χ2n) is 5.33. The Bertz CT molecular complexity index is 347. The third kappa shape index (κ3) is 3.08. The Morgan fingerprint density at radius 1 is 1.12 bits per heavy atom. The van der Waals surface area contributed by atoms with E-state index in [-0.39, 0.29) is 0 Å². The molecule has 1 aliphatic carbocycles. The van der Waals surface area contributed by atoms with Crippen LogP contribution in [0.3, 0.4) is 0 Å². The molecule has 2 aliphatic rings. The van der Waals surface area contributed by atoms with E-state index in [4.69, 9.17) is 4.74 Å². The average molecular weight is 231 g/mol. The molecule has 1 aromatic rings. The fraction of sp³-hybridized carbons (Fsp3) is 0.600. The number of ether oxygens (including phenoxy) is 1. The van der Waals surface area contributed by atoms with Crippen LogP contribution in [-0.2, 0) is 11.2 Å². The summed E-state index contributed by atoms with van der Waals surface area (Å²) in [5, 5.41) is 3.63. The molecule has 17 heavy (non-hydrogen) atoms. The van der Waals surface area contributed by atoms with Crippen molar-refractivity contribution < 1.29 is 4.74 Å². The summed E-state index contributed by atoms with van der Waals surface area (Å²) in [6.07, 6.45) is 5.45. The summed E-state index contributed by atoms with van der Waals surface area (Å²) in [5.74, 6) is 0.704. The van der Waals surface area contributed by atoms with Gasteiger partial charge in [0.1, 0.15) is 0 Å². The second kappa shape index (κ2) is 5.19. The Labute approximate surface area is 103 Å². The molecule has 0 aromatic heterocycles. The van der Waals surface area contributed by atoms with E-state index in [1.54, 1.807) is 0 Å². The first kappa shape index (κ1) is 11.2. The molecule has 2 nitrogen and oxygen atoms in total. The average Bonchev–Trinajstić information content (AvgIpc) is 3.09. The van der Waals surface area contributed by atoms with Crippen LogP contribution >= 0.6 is 0 Å². The van der Waals surface area contributed by atoms with Gasteiger partial charge in [0.15, 0.2) is 0 Å². The lowest BCUT2D eigenvalue weighted by Gasteiger charge is -2.19. The summed E-state index contributed by atoms with van der Waals surface area (Å²) in [5.41, 5.74) is 1.40. The van der Waals surface area contributed by atoms with Crippen molar-refractivity contribution in [2.45, 2.75) is 37.8 Å². The molecular weight excluding hydrogens is 210 g/mol. The molecule has 1 saturated heterocycles. The minimum absolute atomic E-state index is 0.420. The van der Waals surface area contributed by atoms with Crippen LogP contribution in [0.15, 0.2) is 30.3 Å². The molecule has 1 heterocycles. The Balaban J connectivity index is 1.53. The van der Waals surface area contributed by atoms with Crippen LogP contribution in [0.5, 0.6) is 0 Å². The van der Waals surface area contributed by atoms with Crippen molar-refractivity contribution in [2.24, 2.45) is 5.92 Å². The Kier molecular flexibility index (Phi) is 3.44. The van der Waals surface area contributed by atoms with Gasteiger partial charge in [-0.3, -0.25) is 0 Å². The van der Waals surface area contributed by atoms with Gasteiger partial charge in [0.05, 0.1) is 6.10 Å². The summed E-state index contributed by atoms with van der Waals surface area (Å²) in [7, 11) is 0. The first-order chi connectivity index (χ1) is 8.42. The lowest BCUT2D eigenvalue weighted by Crippen LogP contribution is -2.31. The molecule has 1 aromatic carbocycles. The van der Waals surface area contributed by atoms with Crippen molar-refractivity contribution in [2.75, 3.05) is 13.2 Å². The highest BCUT2D eigenvalue weighted by atomic mass is 16.5. The molecule has 0 radical (unpaired) electrons. The van der Waals surface area contributed by atoms with Crippen molar-refractivity contribution in [3.05, 3.63) is 35.9 Å². The first-order valence-electron chi connectivity index (χ1n) is 6.81. The SMILES string of the molecule is c1ccc(CC2OCCC2CNC2CC2)cc1. The van der Waals surface area contributed by atoms with Crippen LogP contribution in [0.1, 0.15) is 24.8 Å². The number of nitrogens with one attached hydrogen (secondary N) is 1. The van der Waals surface area contributed by atoms with Crippen molar-refractivity contribution in [3.63, 3.8) is 0 Å². The van der Waals surface area contributed by atoms with Crippen molar-refractivity contribution in [1.82, 2.24) is 5.32 Å². The monoisotopic (exact) mass is 231 g/mol. The van der Waals surface area contributed by atoms with E-state index in [0.29, 0.717) is 12.0 Å². The van der Waals surface area contributed by atoms with Crippen molar-refractivity contribution >= 4 is 0 Å². The molecule has 1 saturated carbocycles. The van der Waals surface area contributed by atoms with Gasteiger partial charge < -0.3 is 10.1 Å². The van der Waals surface area contributed by atoms with Gasteiger partial charge >= 0.3 is 0 Å². The maximum atomic E-state index is 5.88. The van der Waals surface area contributed by atoms with E-state index in [1.165, 1.54) is 24.8 Å². The highest BCUT2D eigenvalue weighted by Crippen LogP contribution is 2.25. The van der Waals surface area contributed by atoms with Crippen LogP contribution in [-0.4, -0.2) is 25.3 Å². The Morgan fingerprint density at radius 3 is 2.71 bits per heavy atom. The molecule has 2 unspecified atom stereocenters. The van der Waals surface area contributed by atoms with Gasteiger partial charge in [0.2, 0.25) is 0 Å². The van der Waals surface area contributed by atoms with Crippen molar-refractivity contribution in [1.29, 1.82) is 0 Å². The van der Waals surface area contributed by atoms with E-state index < -0.39 is 0 Å². The molecule has 2 fully saturated rings. The molecule has 0 bridgehead atoms. The third-order valence-electron chi connectivity index (χ3n) is 3.87. The number of benzene rings is 1. The standard InChI is InChI=1S/C15H21NO/c1-2-4-12(5-3-1)10-15-13(8-9-17-15)11-16-14-6-7-14/h1-5,13-16H,6-11H2. The van der Waals surface area contributed by atoms with Crippen LogP contribution in [0.2, 0.25) is 0 Å². The highest BCUT2D eigenvalue weighted by Gasteiger charge is 2.30. The van der Waals surface area contributed by atoms with Gasteiger partial charge in [-0.1, -0.05) is 30.3 Å². The maximum Gasteiger partial charge on any atom is 0.0656 e. The van der Waals surface area contributed by atoms with Gasteiger partial charge in [0, 0.05) is 25.1 Å². The van der Waals surface area contributed by atoms with Gasteiger partial charge in [-0.05, 0) is 31.2 Å². The third-order valence-corrected chi connectivity index (χ3v) is 3.87. The van der Waals surface area contributed by atoms with E-state index in [1.807, 2.05) is 0 Å². The predicted octanol–water partition coefficient (Wildman–Crippen LogP) is 2.39. The van der Waals surface area contributed by atoms with E-state index in [2.05, 4.69) is 35.6 Å². The van der Waals surface area contributed by atoms with Crippen LogP contribution in [0.25, 0.3) is 0 Å². The summed E-state index contributed by atoms with van der Waals surface area (Å²) >= 11 is 0. The minimum atomic E-state index is 0.420. The zero-order valence-electron chi connectivity index (χ0n) is 10.3. The van der Waals surface area contributed by atoms with Gasteiger partial charge in [-0.25, -0.2) is 0 Å². The molecule has 2 heteroatoms. The fourth-order valence-corrected chi connectivity index (χ4v) is 2.60. The quantitative estimate of drug-likeness (QED) is 0.840. The van der Waals surface area contributed by atoms with Gasteiger partial charge in [0.25, 0.3) is 0 Å². The summed E-state index contributed by atoms with van der Waals surface area (Å²) in [6.45, 7) is 2.08. The molecule has 3 rings (SSSR count). The zero-order chi connectivity index (χ0) is 11.5. The molecule has 0 amide bonds. The van der Waals surface area contributed by atoms with Crippen LogP contribution < -0.4 is 5.32 Å². The molecular formula is C15H21NO. The number of rotatable bonds is 5. The molecule has 2 atom stereocenters. The topological polar surface area (TPSA) is 21.3 Å². The number of hydrogen-bond donors (Lipinski definition) is 1. The largest absolute Gasteiger partial charge is 0.378 e. The molecule has 1 N–H and O–H groups in total. The summed E-state index contributed by atoms with van der Waals surface area (Å²) in [6, 6.07) is 11.5. The predicted molar refractivity (Wildman–Crippen MR) is 69.0 cm³/mol. The lowest BCUT2D eigenvalue weighted by molar-refractivity contribution is 0.0905. The Morgan fingerprint density at radius 2 is 1.94 bits per heavy atom. The first-order valence-corrected chi connectivity index (χ1v) is 6.81. The summed E-state index contributed by atoms with van der Waals surface area (Å²) < 4.78 is 5.88. The minimum Gasteiger partial charge on any atom is -0.378 e. The normalized spacial score (nSPS) is 28.5. The van der Waals surface area contributed by atoms with Crippen LogP contribution in [0.4, 0.5) is 0 Å². The van der Waals surface area contributed by atoms with E-state index in [0.717, 1.165) is 25.6 Å². The zero-order valence-corrected chi connectivity index (χ0v) is 10.3.